The van der Waals surface area contributed by atoms with Crippen LogP contribution in [0.15, 0.2) is 24.3 Å². The second-order valence-corrected chi connectivity index (χ2v) is 10.2. The number of rotatable bonds is 6. The molecule has 0 atom stereocenters. The third-order valence-electron chi connectivity index (χ3n) is 4.36. The molecule has 2 rings (SSSR count). The number of nitrogens with zero attached hydrogens (tertiary/aromatic N) is 1. The Bertz CT molecular complexity index is 792. The Hall–Kier alpha value is -2.13. The van der Waals surface area contributed by atoms with Crippen molar-refractivity contribution in [3.63, 3.8) is 0 Å². The smallest absolute Gasteiger partial charge is 0.341 e. The molecule has 1 amide bonds. The molecule has 0 radical (unpaired) electrons. The van der Waals surface area contributed by atoms with E-state index in [1.54, 1.807) is 39.0 Å². The van der Waals surface area contributed by atoms with Gasteiger partial charge in [0.25, 0.3) is 5.91 Å². The van der Waals surface area contributed by atoms with Crippen molar-refractivity contribution in [2.24, 2.45) is 0 Å². The van der Waals surface area contributed by atoms with E-state index < -0.39 is 27.3 Å². The lowest BCUT2D eigenvalue weighted by atomic mass is 10.1. The number of hydrogen-bond acceptors (Lipinski definition) is 5. The van der Waals surface area contributed by atoms with Crippen LogP contribution >= 0.6 is 0 Å². The first-order valence-corrected chi connectivity index (χ1v) is 10.2. The number of carboxylic acids is 1. The summed E-state index contributed by atoms with van der Waals surface area (Å²) in [6.45, 7) is 5.28. The van der Waals surface area contributed by atoms with Gasteiger partial charge in [-0.1, -0.05) is 6.07 Å². The number of piperidine rings is 1. The van der Waals surface area contributed by atoms with Crippen molar-refractivity contribution < 1.29 is 27.9 Å². The van der Waals surface area contributed by atoms with Crippen LogP contribution in [0.2, 0.25) is 0 Å². The molecule has 150 valence electrons. The summed E-state index contributed by atoms with van der Waals surface area (Å²) in [6, 6.07) is 6.17. The number of aliphatic carboxylic acids is 1. The zero-order valence-electron chi connectivity index (χ0n) is 15.8. The minimum Gasteiger partial charge on any atom is -0.482 e. The summed E-state index contributed by atoms with van der Waals surface area (Å²) in [5.41, 5.74) is 0.364. The van der Waals surface area contributed by atoms with Gasteiger partial charge in [0.05, 0.1) is 4.75 Å². The largest absolute Gasteiger partial charge is 0.482 e. The SMILES string of the molecule is CC(C)(C)S(=O)(=O)N1CCC(NC(=O)c2cccc(OCC(=O)O)c2)CC1. The van der Waals surface area contributed by atoms with Crippen molar-refractivity contribution in [3.8, 4) is 5.75 Å². The zero-order chi connectivity index (χ0) is 20.2. The highest BCUT2D eigenvalue weighted by Crippen LogP contribution is 2.24. The topological polar surface area (TPSA) is 113 Å². The van der Waals surface area contributed by atoms with Crippen LogP contribution in [0.5, 0.6) is 5.75 Å². The van der Waals surface area contributed by atoms with E-state index in [1.807, 2.05) is 0 Å². The highest BCUT2D eigenvalue weighted by molar-refractivity contribution is 7.90. The lowest BCUT2D eigenvalue weighted by Crippen LogP contribution is -2.50. The predicted octanol–water partition coefficient (Wildman–Crippen LogP) is 1.47. The number of nitrogens with one attached hydrogen (secondary N) is 1. The third-order valence-corrected chi connectivity index (χ3v) is 6.95. The molecule has 0 spiro atoms. The molecule has 1 saturated heterocycles. The first-order valence-electron chi connectivity index (χ1n) is 8.76. The molecular weight excluding hydrogens is 372 g/mol. The number of ether oxygens (including phenoxy) is 1. The standard InChI is InChI=1S/C18H26N2O6S/c1-18(2,3)27(24,25)20-9-7-14(8-10-20)19-17(23)13-5-4-6-15(11-13)26-12-16(21)22/h4-6,11,14H,7-10,12H2,1-3H3,(H,19,23)(H,21,22). The summed E-state index contributed by atoms with van der Waals surface area (Å²) < 4.78 is 30.7. The van der Waals surface area contributed by atoms with Crippen LogP contribution < -0.4 is 10.1 Å². The summed E-state index contributed by atoms with van der Waals surface area (Å²) in [6.07, 6.45) is 1.08. The van der Waals surface area contributed by atoms with Gasteiger partial charge in [-0.2, -0.15) is 0 Å². The third kappa shape index (κ3) is 5.43. The molecule has 0 saturated carbocycles. The molecule has 1 aliphatic rings. The molecule has 0 aromatic heterocycles. The number of amides is 1. The highest BCUT2D eigenvalue weighted by Gasteiger charge is 2.37. The van der Waals surface area contributed by atoms with Gasteiger partial charge < -0.3 is 15.2 Å². The molecule has 2 N–H and O–H groups in total. The molecular formula is C18H26N2O6S. The molecule has 8 nitrogen and oxygen atoms in total. The summed E-state index contributed by atoms with van der Waals surface area (Å²) in [7, 11) is -3.37. The van der Waals surface area contributed by atoms with Crippen LogP contribution in [0, 0.1) is 0 Å². The van der Waals surface area contributed by atoms with E-state index in [4.69, 9.17) is 9.84 Å². The van der Waals surface area contributed by atoms with Crippen LogP contribution in [0.4, 0.5) is 0 Å². The van der Waals surface area contributed by atoms with Crippen LogP contribution in [0.1, 0.15) is 44.0 Å². The van der Waals surface area contributed by atoms with E-state index in [0.717, 1.165) is 0 Å². The lowest BCUT2D eigenvalue weighted by molar-refractivity contribution is -0.139. The Morgan fingerprint density at radius 3 is 2.44 bits per heavy atom. The lowest BCUT2D eigenvalue weighted by Gasteiger charge is -2.35. The maximum absolute atomic E-state index is 12.5. The van der Waals surface area contributed by atoms with Crippen molar-refractivity contribution >= 4 is 21.9 Å². The fourth-order valence-corrected chi connectivity index (χ4v) is 4.23. The van der Waals surface area contributed by atoms with Gasteiger partial charge in [0.1, 0.15) is 5.75 Å². The Balaban J connectivity index is 1.93. The number of carboxylic acid groups (broad SMARTS) is 1. The van der Waals surface area contributed by atoms with Crippen LogP contribution in [-0.2, 0) is 14.8 Å². The summed E-state index contributed by atoms with van der Waals surface area (Å²) in [5.74, 6) is -1.09. The van der Waals surface area contributed by atoms with Crippen LogP contribution in [0.25, 0.3) is 0 Å². The predicted molar refractivity (Wildman–Crippen MR) is 100 cm³/mol. The summed E-state index contributed by atoms with van der Waals surface area (Å²) in [5, 5.41) is 11.6. The minimum absolute atomic E-state index is 0.118. The van der Waals surface area contributed by atoms with Crippen molar-refractivity contribution in [1.29, 1.82) is 0 Å². The molecule has 0 bridgehead atoms. The molecule has 0 unspecified atom stereocenters. The van der Waals surface area contributed by atoms with E-state index in [9.17, 15) is 18.0 Å². The number of hydrogen-bond donors (Lipinski definition) is 2. The number of sulfonamides is 1. The molecule has 1 aliphatic heterocycles. The van der Waals surface area contributed by atoms with E-state index in [-0.39, 0.29) is 11.9 Å². The molecule has 1 fully saturated rings. The first kappa shape index (κ1) is 21.2. The molecule has 27 heavy (non-hydrogen) atoms. The second-order valence-electron chi connectivity index (χ2n) is 7.47. The average molecular weight is 398 g/mol. The van der Waals surface area contributed by atoms with Gasteiger partial charge in [-0.3, -0.25) is 4.79 Å². The van der Waals surface area contributed by atoms with Gasteiger partial charge in [-0.15, -0.1) is 0 Å². The number of carbonyl (C=O) groups is 2. The van der Waals surface area contributed by atoms with Gasteiger partial charge in [0.2, 0.25) is 10.0 Å². The fraction of sp³-hybridized carbons (Fsp3) is 0.556. The van der Waals surface area contributed by atoms with Gasteiger partial charge in [-0.05, 0) is 51.8 Å². The van der Waals surface area contributed by atoms with E-state index >= 15 is 0 Å². The minimum atomic E-state index is -3.37. The molecule has 0 aliphatic carbocycles. The maximum atomic E-state index is 12.5. The van der Waals surface area contributed by atoms with E-state index in [2.05, 4.69) is 5.32 Å². The van der Waals surface area contributed by atoms with Crippen molar-refractivity contribution in [1.82, 2.24) is 9.62 Å². The Morgan fingerprint density at radius 2 is 1.89 bits per heavy atom. The fourth-order valence-electron chi connectivity index (χ4n) is 2.77. The van der Waals surface area contributed by atoms with Gasteiger partial charge in [-0.25, -0.2) is 17.5 Å². The summed E-state index contributed by atoms with van der Waals surface area (Å²) >= 11 is 0. The van der Waals surface area contributed by atoms with E-state index in [1.165, 1.54) is 10.4 Å². The van der Waals surface area contributed by atoms with Crippen LogP contribution in [-0.4, -0.2) is 60.2 Å². The zero-order valence-corrected chi connectivity index (χ0v) is 16.6. The first-order chi connectivity index (χ1) is 12.5. The Morgan fingerprint density at radius 1 is 1.26 bits per heavy atom. The summed E-state index contributed by atoms with van der Waals surface area (Å²) in [4.78, 5) is 23.0. The number of benzene rings is 1. The van der Waals surface area contributed by atoms with Gasteiger partial charge in [0, 0.05) is 24.7 Å². The van der Waals surface area contributed by atoms with Crippen LogP contribution in [0.3, 0.4) is 0 Å². The van der Waals surface area contributed by atoms with Gasteiger partial charge >= 0.3 is 5.97 Å². The van der Waals surface area contributed by atoms with E-state index in [0.29, 0.717) is 37.2 Å². The number of carbonyl (C=O) groups excluding carboxylic acids is 1. The Labute approximate surface area is 159 Å². The highest BCUT2D eigenvalue weighted by atomic mass is 32.2. The monoisotopic (exact) mass is 398 g/mol. The second kappa shape index (κ2) is 8.26. The molecule has 1 aromatic carbocycles. The maximum Gasteiger partial charge on any atom is 0.341 e. The van der Waals surface area contributed by atoms with Gasteiger partial charge in [0.15, 0.2) is 6.61 Å². The molecule has 1 aromatic rings. The van der Waals surface area contributed by atoms with Crippen molar-refractivity contribution in [2.75, 3.05) is 19.7 Å². The van der Waals surface area contributed by atoms with Crippen molar-refractivity contribution in [2.45, 2.75) is 44.4 Å². The normalized spacial score (nSPS) is 16.7. The molecule has 1 heterocycles. The van der Waals surface area contributed by atoms with Crippen molar-refractivity contribution in [3.05, 3.63) is 29.8 Å². The molecule has 9 heteroatoms. The average Bonchev–Trinajstić information content (AvgIpc) is 2.59. The Kier molecular flexibility index (Phi) is 6.48. The quantitative estimate of drug-likeness (QED) is 0.750.